The topological polar surface area (TPSA) is 21.3 Å². The minimum Gasteiger partial charge on any atom is -0.381 e. The van der Waals surface area contributed by atoms with Crippen molar-refractivity contribution < 1.29 is 4.74 Å². The monoisotopic (exact) mass is 337 g/mol. The van der Waals surface area contributed by atoms with Crippen LogP contribution in [0.5, 0.6) is 0 Å². The fourth-order valence-electron chi connectivity index (χ4n) is 3.51. The number of hydrogen-bond donors (Lipinski definition) is 1. The van der Waals surface area contributed by atoms with Crippen molar-refractivity contribution in [3.63, 3.8) is 0 Å². The van der Waals surface area contributed by atoms with Gasteiger partial charge in [0.05, 0.1) is 0 Å². The number of hydrogen-bond acceptors (Lipinski definition) is 2. The summed E-state index contributed by atoms with van der Waals surface area (Å²) in [7, 11) is 0. The number of rotatable bonds is 4. The molecule has 0 amide bonds. The Hall–Kier alpha value is -0.380. The van der Waals surface area contributed by atoms with Crippen LogP contribution in [0, 0.1) is 5.92 Å². The van der Waals surface area contributed by atoms with Gasteiger partial charge in [-0.05, 0) is 62.1 Å². The Morgan fingerprint density at radius 3 is 2.70 bits per heavy atom. The van der Waals surface area contributed by atoms with Gasteiger partial charge >= 0.3 is 0 Å². The molecule has 1 aromatic rings. The van der Waals surface area contributed by atoms with Gasteiger partial charge in [0.2, 0.25) is 0 Å². The average Bonchev–Trinajstić information content (AvgIpc) is 2.43. The summed E-state index contributed by atoms with van der Waals surface area (Å²) in [6.45, 7) is 4.24. The third kappa shape index (κ3) is 3.44. The van der Waals surface area contributed by atoms with Crippen LogP contribution in [0.15, 0.2) is 28.7 Å². The van der Waals surface area contributed by atoms with E-state index < -0.39 is 0 Å². The van der Waals surface area contributed by atoms with Crippen molar-refractivity contribution in [2.45, 2.75) is 50.6 Å². The van der Waals surface area contributed by atoms with Crippen LogP contribution in [0.4, 0.5) is 0 Å². The smallest absolute Gasteiger partial charge is 0.0469 e. The zero-order valence-corrected chi connectivity index (χ0v) is 13.7. The van der Waals surface area contributed by atoms with E-state index in [2.05, 4.69) is 52.4 Å². The second-order valence-electron chi connectivity index (χ2n) is 6.33. The van der Waals surface area contributed by atoms with E-state index in [4.69, 9.17) is 4.74 Å². The van der Waals surface area contributed by atoms with Crippen LogP contribution in [-0.2, 0) is 4.74 Å². The van der Waals surface area contributed by atoms with Gasteiger partial charge in [0.25, 0.3) is 0 Å². The molecule has 3 heteroatoms. The SMILES string of the molecule is CC(NC1CC(c2cccc(Br)c2)C1)C1CCOCC1. The van der Waals surface area contributed by atoms with Gasteiger partial charge in [-0.15, -0.1) is 0 Å². The van der Waals surface area contributed by atoms with Crippen LogP contribution in [-0.4, -0.2) is 25.3 Å². The summed E-state index contributed by atoms with van der Waals surface area (Å²) in [5.74, 6) is 1.54. The lowest BCUT2D eigenvalue weighted by molar-refractivity contribution is 0.0519. The Morgan fingerprint density at radius 2 is 2.00 bits per heavy atom. The molecule has 1 saturated carbocycles. The standard InChI is InChI=1S/C17H24BrNO/c1-12(13-5-7-20-8-6-13)19-17-10-15(11-17)14-3-2-4-16(18)9-14/h2-4,9,12-13,15,17,19H,5-8,10-11H2,1H3. The number of benzene rings is 1. The van der Waals surface area contributed by atoms with E-state index in [1.807, 2.05) is 0 Å². The van der Waals surface area contributed by atoms with Crippen molar-refractivity contribution in [3.05, 3.63) is 34.3 Å². The van der Waals surface area contributed by atoms with E-state index in [1.165, 1.54) is 35.7 Å². The van der Waals surface area contributed by atoms with Crippen LogP contribution < -0.4 is 5.32 Å². The van der Waals surface area contributed by atoms with Gasteiger partial charge in [-0.3, -0.25) is 0 Å². The maximum atomic E-state index is 5.45. The molecule has 1 N–H and O–H groups in total. The number of halogens is 1. The van der Waals surface area contributed by atoms with Crippen LogP contribution in [0.3, 0.4) is 0 Å². The Morgan fingerprint density at radius 1 is 1.25 bits per heavy atom. The van der Waals surface area contributed by atoms with Crippen molar-refractivity contribution in [3.8, 4) is 0 Å². The summed E-state index contributed by atoms with van der Waals surface area (Å²) in [6, 6.07) is 10.1. The molecule has 0 radical (unpaired) electrons. The molecule has 2 nitrogen and oxygen atoms in total. The predicted octanol–water partition coefficient (Wildman–Crippen LogP) is 4.10. The van der Waals surface area contributed by atoms with Crippen molar-refractivity contribution in [2.75, 3.05) is 13.2 Å². The largest absolute Gasteiger partial charge is 0.381 e. The first-order chi connectivity index (χ1) is 9.72. The van der Waals surface area contributed by atoms with Gasteiger partial charge in [0.1, 0.15) is 0 Å². The second-order valence-corrected chi connectivity index (χ2v) is 7.24. The first kappa shape index (κ1) is 14.6. The Bertz CT molecular complexity index is 438. The minimum atomic E-state index is 0.632. The van der Waals surface area contributed by atoms with Crippen LogP contribution >= 0.6 is 15.9 Å². The summed E-state index contributed by atoms with van der Waals surface area (Å²) >= 11 is 3.56. The molecular weight excluding hydrogens is 314 g/mol. The van der Waals surface area contributed by atoms with Gasteiger partial charge in [-0.1, -0.05) is 28.1 Å². The molecular formula is C17H24BrNO. The third-order valence-electron chi connectivity index (χ3n) is 4.93. The van der Waals surface area contributed by atoms with Gasteiger partial charge in [-0.25, -0.2) is 0 Å². The first-order valence-electron chi connectivity index (χ1n) is 7.81. The van der Waals surface area contributed by atoms with E-state index in [-0.39, 0.29) is 0 Å². The van der Waals surface area contributed by atoms with Crippen LogP contribution in [0.2, 0.25) is 0 Å². The zero-order chi connectivity index (χ0) is 13.9. The molecule has 110 valence electrons. The highest BCUT2D eigenvalue weighted by Gasteiger charge is 2.32. The molecule has 3 rings (SSSR count). The lowest BCUT2D eigenvalue weighted by Gasteiger charge is -2.40. The highest BCUT2D eigenvalue weighted by Crippen LogP contribution is 2.38. The second kappa shape index (κ2) is 6.59. The lowest BCUT2D eigenvalue weighted by Crippen LogP contribution is -2.48. The third-order valence-corrected chi connectivity index (χ3v) is 5.42. The van der Waals surface area contributed by atoms with Crippen LogP contribution in [0.1, 0.15) is 44.1 Å². The fraction of sp³-hybridized carbons (Fsp3) is 0.647. The lowest BCUT2D eigenvalue weighted by atomic mass is 9.75. The van der Waals surface area contributed by atoms with Gasteiger partial charge in [0, 0.05) is 29.8 Å². The van der Waals surface area contributed by atoms with E-state index in [9.17, 15) is 0 Å². The molecule has 0 bridgehead atoms. The van der Waals surface area contributed by atoms with E-state index in [0.29, 0.717) is 12.1 Å². The Kier molecular flexibility index (Phi) is 4.79. The highest BCUT2D eigenvalue weighted by atomic mass is 79.9. The average molecular weight is 338 g/mol. The molecule has 1 atom stereocenters. The molecule has 1 aliphatic carbocycles. The summed E-state index contributed by atoms with van der Waals surface area (Å²) in [6.07, 6.45) is 5.00. The Labute approximate surface area is 130 Å². The maximum Gasteiger partial charge on any atom is 0.0469 e. The van der Waals surface area contributed by atoms with Crippen LogP contribution in [0.25, 0.3) is 0 Å². The number of ether oxygens (including phenoxy) is 1. The van der Waals surface area contributed by atoms with E-state index in [1.54, 1.807) is 0 Å². The van der Waals surface area contributed by atoms with Gasteiger partial charge < -0.3 is 10.1 Å². The molecule has 2 fully saturated rings. The summed E-state index contributed by atoms with van der Waals surface area (Å²) in [4.78, 5) is 0. The molecule has 1 unspecified atom stereocenters. The summed E-state index contributed by atoms with van der Waals surface area (Å²) < 4.78 is 6.65. The van der Waals surface area contributed by atoms with Crippen molar-refractivity contribution in [1.29, 1.82) is 0 Å². The molecule has 1 aliphatic heterocycles. The summed E-state index contributed by atoms with van der Waals surface area (Å²) in [5, 5.41) is 3.83. The molecule has 0 spiro atoms. The zero-order valence-electron chi connectivity index (χ0n) is 12.1. The molecule has 1 aromatic carbocycles. The molecule has 0 aromatic heterocycles. The quantitative estimate of drug-likeness (QED) is 0.892. The van der Waals surface area contributed by atoms with Gasteiger partial charge in [-0.2, -0.15) is 0 Å². The van der Waals surface area contributed by atoms with Gasteiger partial charge in [0.15, 0.2) is 0 Å². The van der Waals surface area contributed by atoms with Crippen molar-refractivity contribution in [1.82, 2.24) is 5.32 Å². The highest BCUT2D eigenvalue weighted by molar-refractivity contribution is 9.10. The molecule has 20 heavy (non-hydrogen) atoms. The molecule has 1 saturated heterocycles. The minimum absolute atomic E-state index is 0.632. The van der Waals surface area contributed by atoms with E-state index in [0.717, 1.165) is 25.0 Å². The van der Waals surface area contributed by atoms with Crippen molar-refractivity contribution in [2.24, 2.45) is 5.92 Å². The van der Waals surface area contributed by atoms with E-state index >= 15 is 0 Å². The fourth-order valence-corrected chi connectivity index (χ4v) is 3.93. The molecule has 1 heterocycles. The summed E-state index contributed by atoms with van der Waals surface area (Å²) in [5.41, 5.74) is 1.48. The first-order valence-corrected chi connectivity index (χ1v) is 8.61. The number of nitrogens with one attached hydrogen (secondary N) is 1. The van der Waals surface area contributed by atoms with Crippen molar-refractivity contribution >= 4 is 15.9 Å². The molecule has 2 aliphatic rings. The Balaban J connectivity index is 1.46. The predicted molar refractivity (Wildman–Crippen MR) is 86.0 cm³/mol. The maximum absolute atomic E-state index is 5.45. The normalized spacial score (nSPS) is 28.9.